The molecule has 0 spiro atoms. The first-order valence-electron chi connectivity index (χ1n) is 4.88. The molecule has 1 heterocycles. The van der Waals surface area contributed by atoms with Crippen molar-refractivity contribution in [3.05, 3.63) is 62.3 Å². The number of rotatable bonds is 3. The van der Waals surface area contributed by atoms with Crippen molar-refractivity contribution in [2.75, 3.05) is 0 Å². The zero-order valence-electron chi connectivity index (χ0n) is 8.69. The lowest BCUT2D eigenvalue weighted by atomic mass is 10.2. The van der Waals surface area contributed by atoms with Gasteiger partial charge in [0, 0.05) is 10.0 Å². The van der Waals surface area contributed by atoms with E-state index in [2.05, 4.69) is 0 Å². The smallest absolute Gasteiger partial charge is 0.195 e. The van der Waals surface area contributed by atoms with Crippen LogP contribution in [0.2, 0.25) is 10.0 Å². The number of hydrogen-bond donors (Lipinski definition) is 0. The number of carbonyl (C=O) groups is 1. The molecular formula is C13H8Cl2OS. The van der Waals surface area contributed by atoms with Crippen molar-refractivity contribution in [2.45, 2.75) is 0 Å². The molecule has 1 nitrogen and oxygen atoms in total. The molecule has 0 unspecified atom stereocenters. The molecular weight excluding hydrogens is 275 g/mol. The summed E-state index contributed by atoms with van der Waals surface area (Å²) in [5.41, 5.74) is 0.779. The quantitative estimate of drug-likeness (QED) is 0.575. The summed E-state index contributed by atoms with van der Waals surface area (Å²) in [5.74, 6) is -0.0222. The Hall–Kier alpha value is -1.09. The minimum atomic E-state index is -0.0222. The number of thiophene rings is 1. The standard InChI is InChI=1S/C13H8Cl2OS/c14-10-5-3-9(11(15)8-10)4-6-12(16)13-2-1-7-17-13/h1-8H/b6-4-. The Kier molecular flexibility index (Phi) is 4.00. The molecule has 0 atom stereocenters. The van der Waals surface area contributed by atoms with Crippen LogP contribution >= 0.6 is 34.5 Å². The highest BCUT2D eigenvalue weighted by Gasteiger charge is 2.03. The Bertz CT molecular complexity index is 559. The number of benzene rings is 1. The van der Waals surface area contributed by atoms with Crippen molar-refractivity contribution in [3.8, 4) is 0 Å². The van der Waals surface area contributed by atoms with Crippen molar-refractivity contribution in [1.82, 2.24) is 0 Å². The van der Waals surface area contributed by atoms with Crippen LogP contribution in [0.5, 0.6) is 0 Å². The minimum Gasteiger partial charge on any atom is -0.288 e. The lowest BCUT2D eigenvalue weighted by Gasteiger charge is -1.98. The summed E-state index contributed by atoms with van der Waals surface area (Å²) >= 11 is 13.2. The molecule has 0 radical (unpaired) electrons. The predicted molar refractivity (Wildman–Crippen MR) is 74.1 cm³/mol. The van der Waals surface area contributed by atoms with E-state index in [0.29, 0.717) is 14.9 Å². The van der Waals surface area contributed by atoms with Gasteiger partial charge in [-0.25, -0.2) is 0 Å². The van der Waals surface area contributed by atoms with Crippen LogP contribution < -0.4 is 0 Å². The Morgan fingerprint density at radius 2 is 2.06 bits per heavy atom. The number of carbonyl (C=O) groups excluding carboxylic acids is 1. The van der Waals surface area contributed by atoms with Crippen molar-refractivity contribution < 1.29 is 4.79 Å². The van der Waals surface area contributed by atoms with Gasteiger partial charge in [-0.3, -0.25) is 4.79 Å². The van der Waals surface area contributed by atoms with Gasteiger partial charge in [0.1, 0.15) is 0 Å². The average molecular weight is 283 g/mol. The Balaban J connectivity index is 2.18. The van der Waals surface area contributed by atoms with E-state index < -0.39 is 0 Å². The second-order valence-electron chi connectivity index (χ2n) is 3.34. The summed E-state index contributed by atoms with van der Waals surface area (Å²) in [6.45, 7) is 0. The van der Waals surface area contributed by atoms with E-state index in [1.54, 1.807) is 30.3 Å². The van der Waals surface area contributed by atoms with Crippen LogP contribution in [0.3, 0.4) is 0 Å². The first kappa shape index (κ1) is 12.4. The topological polar surface area (TPSA) is 17.1 Å². The second-order valence-corrected chi connectivity index (χ2v) is 5.13. The molecule has 2 aromatic rings. The first-order valence-corrected chi connectivity index (χ1v) is 6.51. The molecule has 86 valence electrons. The van der Waals surface area contributed by atoms with E-state index in [0.717, 1.165) is 5.56 Å². The molecule has 4 heteroatoms. The highest BCUT2D eigenvalue weighted by Crippen LogP contribution is 2.22. The van der Waals surface area contributed by atoms with Gasteiger partial charge in [0.2, 0.25) is 0 Å². The van der Waals surface area contributed by atoms with Gasteiger partial charge in [0.25, 0.3) is 0 Å². The monoisotopic (exact) mass is 282 g/mol. The van der Waals surface area contributed by atoms with Gasteiger partial charge in [-0.05, 0) is 41.3 Å². The molecule has 0 aliphatic carbocycles. The Labute approximate surface area is 113 Å². The van der Waals surface area contributed by atoms with E-state index in [-0.39, 0.29) is 5.78 Å². The first-order chi connectivity index (χ1) is 8.16. The van der Waals surface area contributed by atoms with Crippen LogP contribution in [-0.4, -0.2) is 5.78 Å². The lowest BCUT2D eigenvalue weighted by Crippen LogP contribution is -1.88. The molecule has 0 N–H and O–H groups in total. The van der Waals surface area contributed by atoms with Crippen LogP contribution in [0.1, 0.15) is 15.2 Å². The van der Waals surface area contributed by atoms with Crippen LogP contribution in [0, 0.1) is 0 Å². The summed E-state index contributed by atoms with van der Waals surface area (Å²) in [6.07, 6.45) is 3.21. The summed E-state index contributed by atoms with van der Waals surface area (Å²) in [4.78, 5) is 12.4. The third-order valence-electron chi connectivity index (χ3n) is 2.14. The van der Waals surface area contributed by atoms with Gasteiger partial charge >= 0.3 is 0 Å². The van der Waals surface area contributed by atoms with E-state index in [4.69, 9.17) is 23.2 Å². The highest BCUT2D eigenvalue weighted by atomic mass is 35.5. The molecule has 0 saturated heterocycles. The fourth-order valence-corrected chi connectivity index (χ4v) is 2.42. The fourth-order valence-electron chi connectivity index (χ4n) is 1.30. The zero-order chi connectivity index (χ0) is 12.3. The lowest BCUT2D eigenvalue weighted by molar-refractivity contribution is 0.105. The highest BCUT2D eigenvalue weighted by molar-refractivity contribution is 7.12. The van der Waals surface area contributed by atoms with Gasteiger partial charge in [-0.1, -0.05) is 35.3 Å². The number of hydrogen-bond acceptors (Lipinski definition) is 2. The third kappa shape index (κ3) is 3.19. The molecule has 1 aromatic carbocycles. The molecule has 0 saturated carbocycles. The SMILES string of the molecule is O=C(/C=C\c1ccc(Cl)cc1Cl)c1cccs1. The largest absolute Gasteiger partial charge is 0.288 e. The predicted octanol–water partition coefficient (Wildman–Crippen LogP) is 4.95. The Morgan fingerprint density at radius 3 is 2.71 bits per heavy atom. The maximum Gasteiger partial charge on any atom is 0.195 e. The van der Waals surface area contributed by atoms with Crippen molar-refractivity contribution in [1.29, 1.82) is 0 Å². The molecule has 1 aromatic heterocycles. The maximum absolute atomic E-state index is 11.7. The molecule has 0 bridgehead atoms. The molecule has 17 heavy (non-hydrogen) atoms. The maximum atomic E-state index is 11.7. The minimum absolute atomic E-state index is 0.0222. The number of allylic oxidation sites excluding steroid dienone is 1. The van der Waals surface area contributed by atoms with E-state index in [9.17, 15) is 4.79 Å². The van der Waals surface area contributed by atoms with Crippen LogP contribution in [0.4, 0.5) is 0 Å². The second kappa shape index (κ2) is 5.50. The van der Waals surface area contributed by atoms with Gasteiger partial charge in [0.05, 0.1) is 4.88 Å². The summed E-state index contributed by atoms with van der Waals surface area (Å²) in [7, 11) is 0. The van der Waals surface area contributed by atoms with Crippen LogP contribution in [-0.2, 0) is 0 Å². The van der Waals surface area contributed by atoms with Crippen molar-refractivity contribution in [2.24, 2.45) is 0 Å². The van der Waals surface area contributed by atoms with Crippen molar-refractivity contribution >= 4 is 46.4 Å². The molecule has 0 aliphatic rings. The number of halogens is 2. The normalized spacial score (nSPS) is 10.9. The summed E-state index contributed by atoms with van der Waals surface area (Å²) < 4.78 is 0. The van der Waals surface area contributed by atoms with E-state index in [1.165, 1.54) is 17.4 Å². The van der Waals surface area contributed by atoms with Gasteiger partial charge in [0.15, 0.2) is 5.78 Å². The van der Waals surface area contributed by atoms with Crippen LogP contribution in [0.25, 0.3) is 6.08 Å². The van der Waals surface area contributed by atoms with Gasteiger partial charge in [-0.15, -0.1) is 11.3 Å². The summed E-state index contributed by atoms with van der Waals surface area (Å²) in [6, 6.07) is 8.81. The summed E-state index contributed by atoms with van der Waals surface area (Å²) in [5, 5.41) is 2.99. The fraction of sp³-hybridized carbons (Fsp3) is 0. The molecule has 0 fully saturated rings. The van der Waals surface area contributed by atoms with Gasteiger partial charge < -0.3 is 0 Å². The Morgan fingerprint density at radius 1 is 1.24 bits per heavy atom. The molecule has 2 rings (SSSR count). The van der Waals surface area contributed by atoms with Gasteiger partial charge in [-0.2, -0.15) is 0 Å². The zero-order valence-corrected chi connectivity index (χ0v) is 11.0. The van der Waals surface area contributed by atoms with Crippen molar-refractivity contribution in [3.63, 3.8) is 0 Å². The average Bonchev–Trinajstić information content (AvgIpc) is 2.81. The van der Waals surface area contributed by atoms with E-state index in [1.807, 2.05) is 11.4 Å². The third-order valence-corrected chi connectivity index (χ3v) is 3.59. The van der Waals surface area contributed by atoms with E-state index >= 15 is 0 Å². The number of ketones is 1. The molecule has 0 amide bonds. The molecule has 0 aliphatic heterocycles. The van der Waals surface area contributed by atoms with Crippen LogP contribution in [0.15, 0.2) is 41.8 Å².